The summed E-state index contributed by atoms with van der Waals surface area (Å²) >= 11 is 0. The number of ketones is 1. The van der Waals surface area contributed by atoms with Crippen molar-refractivity contribution in [1.82, 2.24) is 25.0 Å². The molecule has 0 aliphatic heterocycles. The van der Waals surface area contributed by atoms with Gasteiger partial charge in [-0.1, -0.05) is 0 Å². The van der Waals surface area contributed by atoms with E-state index in [-0.39, 0.29) is 36.1 Å². The lowest BCUT2D eigenvalue weighted by atomic mass is 10.0. The topological polar surface area (TPSA) is 123 Å². The molecule has 9 nitrogen and oxygen atoms in total. The van der Waals surface area contributed by atoms with Gasteiger partial charge in [-0.05, 0) is 36.6 Å². The van der Waals surface area contributed by atoms with Crippen LogP contribution in [0.4, 0.5) is 26.3 Å². The maximum Gasteiger partial charge on any atom is 0.435 e. The van der Waals surface area contributed by atoms with Crippen LogP contribution in [-0.2, 0) is 37.0 Å². The molecule has 0 aromatic carbocycles. The molecule has 0 bridgehead atoms. The number of carbonyl (C=O) groups excluding carboxylic acids is 1. The minimum Gasteiger partial charge on any atom is -0.475 e. The first-order chi connectivity index (χ1) is 17.7. The van der Waals surface area contributed by atoms with Crippen molar-refractivity contribution in [1.29, 1.82) is 0 Å². The molecular formula is C23H23F6N5O4. The van der Waals surface area contributed by atoms with E-state index in [1.807, 2.05) is 0 Å². The Balaban J connectivity index is 1.71. The maximum atomic E-state index is 13.3. The summed E-state index contributed by atoms with van der Waals surface area (Å²) < 4.78 is 85.6. The van der Waals surface area contributed by atoms with E-state index < -0.39 is 54.7 Å². The van der Waals surface area contributed by atoms with Crippen LogP contribution >= 0.6 is 0 Å². The first-order valence-corrected chi connectivity index (χ1v) is 11.1. The summed E-state index contributed by atoms with van der Waals surface area (Å²) in [7, 11) is 1.34. The Morgan fingerprint density at radius 3 is 2.42 bits per heavy atom. The van der Waals surface area contributed by atoms with Crippen LogP contribution < -0.4 is 4.74 Å². The zero-order chi connectivity index (χ0) is 28.3. The van der Waals surface area contributed by atoms with E-state index in [0.29, 0.717) is 17.3 Å². The fourth-order valence-electron chi connectivity index (χ4n) is 3.50. The monoisotopic (exact) mass is 547 g/mol. The van der Waals surface area contributed by atoms with Gasteiger partial charge in [0.2, 0.25) is 5.88 Å². The van der Waals surface area contributed by atoms with Crippen LogP contribution in [0.25, 0.3) is 11.3 Å². The Kier molecular flexibility index (Phi) is 8.72. The zero-order valence-corrected chi connectivity index (χ0v) is 20.1. The molecule has 15 heteroatoms. The van der Waals surface area contributed by atoms with E-state index in [0.717, 1.165) is 10.7 Å². The minimum atomic E-state index is -4.82. The van der Waals surface area contributed by atoms with Crippen molar-refractivity contribution in [2.24, 2.45) is 7.05 Å². The molecule has 0 amide bonds. The third-order valence-electron chi connectivity index (χ3n) is 5.24. The Hall–Kier alpha value is -3.59. The summed E-state index contributed by atoms with van der Waals surface area (Å²) in [6, 6.07) is 3.32. The number of carbonyl (C=O) groups is 1. The second-order valence-corrected chi connectivity index (χ2v) is 8.49. The number of aliphatic hydroxyl groups is 2. The Bertz CT molecular complexity index is 1290. The number of nitrogens with zero attached hydrogens (tertiary/aromatic N) is 5. The van der Waals surface area contributed by atoms with Gasteiger partial charge in [0.1, 0.15) is 24.2 Å². The Labute approximate surface area is 212 Å². The fraction of sp³-hybridized carbons (Fsp3) is 0.435. The number of Topliss-reactive ketones (excluding diaryl/α,β-unsaturated/α-hetero) is 1. The lowest BCUT2D eigenvalue weighted by Crippen LogP contribution is -2.22. The van der Waals surface area contributed by atoms with Crippen molar-refractivity contribution in [3.05, 3.63) is 52.6 Å². The first-order valence-electron chi connectivity index (χ1n) is 11.1. The molecule has 1 atom stereocenters. The van der Waals surface area contributed by atoms with Gasteiger partial charge in [0.05, 0.1) is 23.6 Å². The molecule has 0 aliphatic rings. The lowest BCUT2D eigenvalue weighted by molar-refractivity contribution is -0.142. The second kappa shape index (κ2) is 11.4. The van der Waals surface area contributed by atoms with E-state index in [4.69, 9.17) is 9.84 Å². The number of aryl methyl sites for hydroxylation is 3. The molecule has 3 rings (SSSR count). The Morgan fingerprint density at radius 2 is 1.82 bits per heavy atom. The van der Waals surface area contributed by atoms with Crippen LogP contribution in [0.15, 0.2) is 24.4 Å². The molecule has 1 unspecified atom stereocenters. The lowest BCUT2D eigenvalue weighted by Gasteiger charge is -2.13. The number of halogens is 6. The average molecular weight is 547 g/mol. The van der Waals surface area contributed by atoms with Crippen LogP contribution in [0.3, 0.4) is 0 Å². The first kappa shape index (κ1) is 29.0. The van der Waals surface area contributed by atoms with E-state index in [9.17, 15) is 36.2 Å². The minimum absolute atomic E-state index is 0.0178. The summed E-state index contributed by atoms with van der Waals surface area (Å²) in [6.07, 6.45) is -10.1. The number of ether oxygens (including phenoxy) is 1. The molecule has 2 N–H and O–H groups in total. The van der Waals surface area contributed by atoms with Gasteiger partial charge >= 0.3 is 12.4 Å². The predicted molar refractivity (Wildman–Crippen MR) is 119 cm³/mol. The van der Waals surface area contributed by atoms with E-state index in [2.05, 4.69) is 20.3 Å². The molecule has 3 aromatic rings. The van der Waals surface area contributed by atoms with Gasteiger partial charge < -0.3 is 14.9 Å². The van der Waals surface area contributed by atoms with E-state index >= 15 is 0 Å². The number of hydrogen-bond donors (Lipinski definition) is 2. The van der Waals surface area contributed by atoms with Crippen molar-refractivity contribution in [3.63, 3.8) is 0 Å². The molecule has 0 aliphatic carbocycles. The summed E-state index contributed by atoms with van der Waals surface area (Å²) in [4.78, 5) is 15.8. The number of alkyl halides is 6. The van der Waals surface area contributed by atoms with Gasteiger partial charge in [0.25, 0.3) is 0 Å². The molecule has 0 saturated carbocycles. The highest BCUT2D eigenvalue weighted by atomic mass is 19.4. The fourth-order valence-corrected chi connectivity index (χ4v) is 3.50. The summed E-state index contributed by atoms with van der Waals surface area (Å²) in [6.45, 7) is 0.364. The third kappa shape index (κ3) is 7.47. The number of hydrogen-bond acceptors (Lipinski definition) is 8. The summed E-state index contributed by atoms with van der Waals surface area (Å²) in [5.74, 6) is -0.915. The van der Waals surface area contributed by atoms with E-state index in [1.165, 1.54) is 26.2 Å². The van der Waals surface area contributed by atoms with Crippen molar-refractivity contribution in [3.8, 4) is 17.1 Å². The van der Waals surface area contributed by atoms with Gasteiger partial charge in [-0.25, -0.2) is 4.98 Å². The van der Waals surface area contributed by atoms with Crippen molar-refractivity contribution in [2.75, 3.05) is 13.2 Å². The van der Waals surface area contributed by atoms with Crippen LogP contribution in [0.1, 0.15) is 34.6 Å². The van der Waals surface area contributed by atoms with Gasteiger partial charge in [0, 0.05) is 32.2 Å². The largest absolute Gasteiger partial charge is 0.475 e. The standard InChI is InChI=1S/C23H23F6N5O4/c1-12-5-14(31-32-20(12)17-9-34(2)33-21(17)23(27,28)29)3-4-15(36)6-13-7-18(22(24,25)26)30-19(8-13)38-11-16(37)10-35/h5,7-9,16,35,37H,3-4,6,10-11H2,1-2H3. The van der Waals surface area contributed by atoms with Crippen LogP contribution in [0.5, 0.6) is 5.88 Å². The van der Waals surface area contributed by atoms with Crippen molar-refractivity contribution in [2.45, 2.75) is 44.6 Å². The quantitative estimate of drug-likeness (QED) is 0.372. The zero-order valence-electron chi connectivity index (χ0n) is 20.1. The number of rotatable bonds is 10. The molecule has 3 aromatic heterocycles. The molecule has 3 heterocycles. The SMILES string of the molecule is Cc1cc(CCC(=O)Cc2cc(OCC(O)CO)nc(C(F)(F)F)c2)nnc1-c1cn(C)nc1C(F)(F)F. The summed E-state index contributed by atoms with van der Waals surface area (Å²) in [5.41, 5.74) is -2.00. The highest BCUT2D eigenvalue weighted by Crippen LogP contribution is 2.36. The molecule has 0 radical (unpaired) electrons. The molecule has 38 heavy (non-hydrogen) atoms. The maximum absolute atomic E-state index is 13.3. The predicted octanol–water partition coefficient (Wildman–Crippen LogP) is 3.09. The van der Waals surface area contributed by atoms with Gasteiger partial charge in [-0.3, -0.25) is 9.48 Å². The summed E-state index contributed by atoms with van der Waals surface area (Å²) in [5, 5.41) is 29.4. The van der Waals surface area contributed by atoms with Crippen LogP contribution in [0, 0.1) is 6.92 Å². The normalized spacial score (nSPS) is 13.0. The number of aromatic nitrogens is 5. The third-order valence-corrected chi connectivity index (χ3v) is 5.24. The highest BCUT2D eigenvalue weighted by molar-refractivity contribution is 5.81. The van der Waals surface area contributed by atoms with Gasteiger partial charge in [-0.2, -0.15) is 36.5 Å². The Morgan fingerprint density at radius 1 is 1.11 bits per heavy atom. The van der Waals surface area contributed by atoms with Gasteiger partial charge in [-0.15, -0.1) is 5.10 Å². The highest BCUT2D eigenvalue weighted by Gasteiger charge is 2.38. The average Bonchev–Trinajstić information content (AvgIpc) is 3.22. The smallest absolute Gasteiger partial charge is 0.435 e. The molecule has 0 spiro atoms. The number of aliphatic hydroxyl groups excluding tert-OH is 2. The van der Waals surface area contributed by atoms with Crippen molar-refractivity contribution >= 4 is 5.78 Å². The van der Waals surface area contributed by atoms with Gasteiger partial charge in [0.15, 0.2) is 5.69 Å². The van der Waals surface area contributed by atoms with Crippen molar-refractivity contribution < 1.29 is 46.1 Å². The second-order valence-electron chi connectivity index (χ2n) is 8.49. The van der Waals surface area contributed by atoms with Crippen LogP contribution in [-0.4, -0.2) is 60.3 Å². The molecule has 0 fully saturated rings. The van der Waals surface area contributed by atoms with E-state index in [1.54, 1.807) is 0 Å². The number of pyridine rings is 1. The molecule has 206 valence electrons. The molecule has 0 saturated heterocycles. The van der Waals surface area contributed by atoms with Crippen LogP contribution in [0.2, 0.25) is 0 Å². The molecular weight excluding hydrogens is 524 g/mol.